The summed E-state index contributed by atoms with van der Waals surface area (Å²) in [6.07, 6.45) is 2.65. The number of hydrogen-bond donors (Lipinski definition) is 1. The first-order valence-electron chi connectivity index (χ1n) is 8.92. The Morgan fingerprint density at radius 1 is 1.22 bits per heavy atom. The lowest BCUT2D eigenvalue weighted by Gasteiger charge is -2.07. The van der Waals surface area contributed by atoms with Crippen LogP contribution in [0.5, 0.6) is 0 Å². The number of H-pyrrole nitrogens is 1. The van der Waals surface area contributed by atoms with Gasteiger partial charge < -0.3 is 9.72 Å². The Hall–Kier alpha value is -2.73. The van der Waals surface area contributed by atoms with Crippen molar-refractivity contribution in [3.8, 4) is 0 Å². The zero-order valence-electron chi connectivity index (χ0n) is 15.9. The number of aryl methyl sites for hydroxylation is 3. The van der Waals surface area contributed by atoms with Crippen molar-refractivity contribution in [2.24, 2.45) is 0 Å². The van der Waals surface area contributed by atoms with Crippen LogP contribution in [0, 0.1) is 13.8 Å². The predicted molar refractivity (Wildman–Crippen MR) is 110 cm³/mol. The van der Waals surface area contributed by atoms with Crippen LogP contribution in [0.1, 0.15) is 41.2 Å². The fourth-order valence-electron chi connectivity index (χ4n) is 2.83. The van der Waals surface area contributed by atoms with E-state index in [0.717, 1.165) is 22.4 Å². The molecule has 6 heteroatoms. The van der Waals surface area contributed by atoms with Crippen molar-refractivity contribution in [3.63, 3.8) is 0 Å². The Labute approximate surface area is 161 Å². The predicted octanol–water partition coefficient (Wildman–Crippen LogP) is 4.27. The highest BCUT2D eigenvalue weighted by Gasteiger charge is 2.19. The van der Waals surface area contributed by atoms with Crippen LogP contribution in [-0.2, 0) is 16.0 Å². The van der Waals surface area contributed by atoms with E-state index in [9.17, 15) is 9.59 Å². The maximum absolute atomic E-state index is 12.6. The van der Waals surface area contributed by atoms with Crippen LogP contribution < -0.4 is 5.56 Å². The molecular weight excluding hydrogens is 360 g/mol. The van der Waals surface area contributed by atoms with Crippen LogP contribution in [0.2, 0.25) is 0 Å². The minimum absolute atomic E-state index is 0.228. The summed E-state index contributed by atoms with van der Waals surface area (Å²) in [6.45, 7) is 7.94. The second-order valence-electron chi connectivity index (χ2n) is 6.25. The summed E-state index contributed by atoms with van der Waals surface area (Å²) in [6, 6.07) is 7.90. The average molecular weight is 382 g/mol. The van der Waals surface area contributed by atoms with Gasteiger partial charge in [0.15, 0.2) is 0 Å². The first kappa shape index (κ1) is 19.0. The number of nitrogens with zero attached hydrogens (tertiary/aromatic N) is 1. The van der Waals surface area contributed by atoms with Crippen LogP contribution in [0.3, 0.4) is 0 Å². The lowest BCUT2D eigenvalue weighted by Crippen LogP contribution is -2.15. The van der Waals surface area contributed by atoms with Crippen LogP contribution in [0.4, 0.5) is 0 Å². The standard InChI is InChI=1S/C21H22N2O3S/c1-5-14-7-9-15(10-8-14)11-16(21(25)26-6-2)18-22-19(24)17-12(3)13(4)27-20(17)23-18/h7-11H,5-6H2,1-4H3,(H,22,23,24)/b16-11-. The molecular formula is C21H22N2O3S. The van der Waals surface area contributed by atoms with E-state index >= 15 is 0 Å². The third kappa shape index (κ3) is 3.85. The summed E-state index contributed by atoms with van der Waals surface area (Å²) in [7, 11) is 0. The molecule has 0 saturated heterocycles. The molecule has 1 N–H and O–H groups in total. The molecule has 2 heterocycles. The first-order chi connectivity index (χ1) is 12.9. The molecule has 2 aromatic heterocycles. The normalized spacial score (nSPS) is 11.8. The number of aromatic amines is 1. The van der Waals surface area contributed by atoms with E-state index in [0.29, 0.717) is 10.2 Å². The number of aromatic nitrogens is 2. The highest BCUT2D eigenvalue weighted by atomic mass is 32.1. The second kappa shape index (κ2) is 7.88. The second-order valence-corrected chi connectivity index (χ2v) is 7.45. The Morgan fingerprint density at radius 3 is 2.56 bits per heavy atom. The first-order valence-corrected chi connectivity index (χ1v) is 9.74. The number of carbonyl (C=O) groups excluding carboxylic acids is 1. The molecule has 0 spiro atoms. The van der Waals surface area contributed by atoms with Gasteiger partial charge in [0, 0.05) is 4.88 Å². The molecule has 0 atom stereocenters. The van der Waals surface area contributed by atoms with Crippen LogP contribution in [0.15, 0.2) is 29.1 Å². The molecule has 5 nitrogen and oxygen atoms in total. The van der Waals surface area contributed by atoms with Gasteiger partial charge in [-0.1, -0.05) is 31.2 Å². The highest BCUT2D eigenvalue weighted by molar-refractivity contribution is 7.18. The van der Waals surface area contributed by atoms with Crippen molar-refractivity contribution < 1.29 is 9.53 Å². The van der Waals surface area contributed by atoms with E-state index in [-0.39, 0.29) is 23.6 Å². The molecule has 3 rings (SSSR count). The van der Waals surface area contributed by atoms with Crippen LogP contribution in [-0.4, -0.2) is 22.5 Å². The van der Waals surface area contributed by atoms with Crippen LogP contribution >= 0.6 is 11.3 Å². The summed E-state index contributed by atoms with van der Waals surface area (Å²) >= 11 is 1.45. The molecule has 1 aromatic carbocycles. The Kier molecular flexibility index (Phi) is 5.56. The van der Waals surface area contributed by atoms with Gasteiger partial charge in [-0.2, -0.15) is 0 Å². The third-order valence-electron chi connectivity index (χ3n) is 4.49. The number of fused-ring (bicyclic) bond motifs is 1. The molecule has 3 aromatic rings. The van der Waals surface area contributed by atoms with Gasteiger partial charge in [0.25, 0.3) is 5.56 Å². The van der Waals surface area contributed by atoms with Crippen LogP contribution in [0.25, 0.3) is 21.9 Å². The number of carbonyl (C=O) groups is 1. The van der Waals surface area contributed by atoms with Gasteiger partial charge in [0.1, 0.15) is 16.2 Å². The van der Waals surface area contributed by atoms with Crippen molar-refractivity contribution in [1.82, 2.24) is 9.97 Å². The molecule has 0 amide bonds. The zero-order chi connectivity index (χ0) is 19.6. The summed E-state index contributed by atoms with van der Waals surface area (Å²) in [5.41, 5.74) is 2.98. The van der Waals surface area contributed by atoms with E-state index in [2.05, 4.69) is 16.9 Å². The number of esters is 1. The minimum atomic E-state index is -0.510. The zero-order valence-corrected chi connectivity index (χ0v) is 16.7. The number of rotatable bonds is 5. The molecule has 0 bridgehead atoms. The summed E-state index contributed by atoms with van der Waals surface area (Å²) < 4.78 is 5.19. The number of hydrogen-bond acceptors (Lipinski definition) is 5. The number of ether oxygens (including phenoxy) is 1. The molecule has 0 fully saturated rings. The molecule has 0 aliphatic heterocycles. The van der Waals surface area contributed by atoms with E-state index in [1.54, 1.807) is 13.0 Å². The van der Waals surface area contributed by atoms with Crippen molar-refractivity contribution >= 4 is 39.2 Å². The molecule has 0 saturated carbocycles. The van der Waals surface area contributed by atoms with Gasteiger partial charge in [-0.3, -0.25) is 4.79 Å². The van der Waals surface area contributed by atoms with Gasteiger partial charge in [-0.15, -0.1) is 11.3 Å². The van der Waals surface area contributed by atoms with Gasteiger partial charge in [-0.05, 0) is 50.0 Å². The molecule has 0 radical (unpaired) electrons. The van der Waals surface area contributed by atoms with Crippen molar-refractivity contribution in [3.05, 3.63) is 62.0 Å². The van der Waals surface area contributed by atoms with E-state index < -0.39 is 5.97 Å². The van der Waals surface area contributed by atoms with E-state index in [4.69, 9.17) is 4.74 Å². The summed E-state index contributed by atoms with van der Waals surface area (Å²) in [5, 5.41) is 0.580. The lowest BCUT2D eigenvalue weighted by atomic mass is 10.1. The number of thiophene rings is 1. The molecule has 0 unspecified atom stereocenters. The molecule has 140 valence electrons. The topological polar surface area (TPSA) is 72.0 Å². The van der Waals surface area contributed by atoms with Gasteiger partial charge in [0.2, 0.25) is 0 Å². The smallest absolute Gasteiger partial charge is 0.341 e. The Balaban J connectivity index is 2.15. The fourth-order valence-corrected chi connectivity index (χ4v) is 3.86. The fraction of sp³-hybridized carbons (Fsp3) is 0.286. The maximum Gasteiger partial charge on any atom is 0.341 e. The van der Waals surface area contributed by atoms with Gasteiger partial charge in [-0.25, -0.2) is 9.78 Å². The average Bonchev–Trinajstić information content (AvgIpc) is 2.94. The maximum atomic E-state index is 12.6. The van der Waals surface area contributed by atoms with Crippen molar-refractivity contribution in [1.29, 1.82) is 0 Å². The van der Waals surface area contributed by atoms with Gasteiger partial charge >= 0.3 is 5.97 Å². The lowest BCUT2D eigenvalue weighted by molar-refractivity contribution is -0.136. The summed E-state index contributed by atoms with van der Waals surface area (Å²) in [4.78, 5) is 34.1. The number of benzene rings is 1. The van der Waals surface area contributed by atoms with E-state index in [1.807, 2.05) is 38.1 Å². The SMILES string of the molecule is CCOC(=O)/C(=C\c1ccc(CC)cc1)c1nc2sc(C)c(C)c2c(=O)[nH]1. The molecule has 0 aliphatic rings. The quantitative estimate of drug-likeness (QED) is 0.528. The third-order valence-corrected chi connectivity index (χ3v) is 5.59. The molecule has 27 heavy (non-hydrogen) atoms. The van der Waals surface area contributed by atoms with Crippen molar-refractivity contribution in [2.75, 3.05) is 6.61 Å². The Morgan fingerprint density at radius 2 is 1.93 bits per heavy atom. The largest absolute Gasteiger partial charge is 0.462 e. The number of nitrogens with one attached hydrogen (secondary N) is 1. The van der Waals surface area contributed by atoms with Crippen molar-refractivity contribution in [2.45, 2.75) is 34.1 Å². The monoisotopic (exact) mass is 382 g/mol. The minimum Gasteiger partial charge on any atom is -0.462 e. The van der Waals surface area contributed by atoms with E-state index in [1.165, 1.54) is 16.9 Å². The Bertz CT molecular complexity index is 1080. The summed E-state index contributed by atoms with van der Waals surface area (Å²) in [5.74, 6) is -0.281. The molecule has 0 aliphatic carbocycles. The highest BCUT2D eigenvalue weighted by Crippen LogP contribution is 2.27. The van der Waals surface area contributed by atoms with Gasteiger partial charge in [0.05, 0.1) is 12.0 Å².